The standard InChI is InChI=1S/C24H29N2O4S/c1-6-16(13-21-25(7-2)18-15-17(27-4)9-10-19(18)29-21)14-22-26(8-3)24-20(30-22)11-12-23(28-5)31-24/h9-15,22H,6-8H2,1-5H3/q+1. The van der Waals surface area contributed by atoms with Crippen molar-refractivity contribution >= 4 is 22.5 Å². The first-order chi connectivity index (χ1) is 15.1. The van der Waals surface area contributed by atoms with Crippen LogP contribution < -0.4 is 14.4 Å². The smallest absolute Gasteiger partial charge is 0.318 e. The zero-order valence-electron chi connectivity index (χ0n) is 18.7. The van der Waals surface area contributed by atoms with Gasteiger partial charge in [0.25, 0.3) is 5.04 Å². The number of benzene rings is 1. The SMILES string of the molecule is CCC(=CC1OC2=CC=C(OC)SC2=[N+]1CC)C=C1Oc2ccc(OC)cc2N1CC. The summed E-state index contributed by atoms with van der Waals surface area (Å²) in [5.74, 6) is 3.38. The van der Waals surface area contributed by atoms with Gasteiger partial charge in [-0.1, -0.05) is 6.92 Å². The number of hydrogen-bond donors (Lipinski definition) is 0. The van der Waals surface area contributed by atoms with Crippen molar-refractivity contribution in [2.45, 2.75) is 33.4 Å². The van der Waals surface area contributed by atoms with E-state index in [4.69, 9.17) is 18.9 Å². The fraction of sp³-hybridized carbons (Fsp3) is 0.375. The minimum Gasteiger partial charge on any atom is -0.497 e. The van der Waals surface area contributed by atoms with E-state index in [2.05, 4.69) is 42.4 Å². The van der Waals surface area contributed by atoms with Gasteiger partial charge in [0.1, 0.15) is 12.3 Å². The maximum atomic E-state index is 6.26. The number of likely N-dealkylation sites (N-methyl/N-ethyl adjacent to an activating group) is 1. The number of fused-ring (bicyclic) bond motifs is 2. The van der Waals surface area contributed by atoms with Crippen LogP contribution in [0.1, 0.15) is 27.2 Å². The number of nitrogens with zero attached hydrogens (tertiary/aromatic N) is 2. The molecule has 1 aromatic rings. The average molecular weight is 442 g/mol. The highest BCUT2D eigenvalue weighted by atomic mass is 32.2. The maximum absolute atomic E-state index is 6.26. The molecule has 0 radical (unpaired) electrons. The molecule has 0 aromatic heterocycles. The predicted molar refractivity (Wildman–Crippen MR) is 125 cm³/mol. The van der Waals surface area contributed by atoms with E-state index >= 15 is 0 Å². The second kappa shape index (κ2) is 9.14. The van der Waals surface area contributed by atoms with Crippen LogP contribution in [-0.4, -0.2) is 43.2 Å². The van der Waals surface area contributed by atoms with Crippen molar-refractivity contribution in [3.63, 3.8) is 0 Å². The lowest BCUT2D eigenvalue weighted by Crippen LogP contribution is -2.24. The van der Waals surface area contributed by atoms with Gasteiger partial charge in [-0.2, -0.15) is 4.58 Å². The van der Waals surface area contributed by atoms with Gasteiger partial charge in [-0.05, 0) is 50.1 Å². The number of anilines is 1. The quantitative estimate of drug-likeness (QED) is 0.555. The number of thioether (sulfide) groups is 1. The molecule has 1 aromatic carbocycles. The molecule has 6 nitrogen and oxygen atoms in total. The fourth-order valence-corrected chi connectivity index (χ4v) is 4.78. The molecule has 0 saturated carbocycles. The molecule has 164 valence electrons. The number of methoxy groups -OCH3 is 2. The van der Waals surface area contributed by atoms with Crippen LogP contribution in [0.4, 0.5) is 5.69 Å². The monoisotopic (exact) mass is 441 g/mol. The van der Waals surface area contributed by atoms with Crippen LogP contribution in [0.15, 0.2) is 64.8 Å². The van der Waals surface area contributed by atoms with Gasteiger partial charge in [0.15, 0.2) is 10.8 Å². The van der Waals surface area contributed by atoms with Gasteiger partial charge in [0.05, 0.1) is 19.9 Å². The summed E-state index contributed by atoms with van der Waals surface area (Å²) in [7, 11) is 3.37. The number of ether oxygens (including phenoxy) is 4. The molecule has 0 aliphatic carbocycles. The van der Waals surface area contributed by atoms with Crippen molar-refractivity contribution in [1.29, 1.82) is 0 Å². The molecule has 0 saturated heterocycles. The van der Waals surface area contributed by atoms with Gasteiger partial charge < -0.3 is 23.8 Å². The minimum absolute atomic E-state index is 0.158. The van der Waals surface area contributed by atoms with Gasteiger partial charge >= 0.3 is 6.23 Å². The molecule has 3 aliphatic rings. The Kier molecular flexibility index (Phi) is 6.32. The Hall–Kier alpha value is -2.80. The Morgan fingerprint density at radius 1 is 1.19 bits per heavy atom. The highest BCUT2D eigenvalue weighted by molar-refractivity contribution is 8.17. The Morgan fingerprint density at radius 2 is 2.03 bits per heavy atom. The minimum atomic E-state index is -0.158. The lowest BCUT2D eigenvalue weighted by Gasteiger charge is -2.16. The topological polar surface area (TPSA) is 43.2 Å². The van der Waals surface area contributed by atoms with E-state index in [0.717, 1.165) is 64.0 Å². The third kappa shape index (κ3) is 4.06. The fourth-order valence-electron chi connectivity index (χ4n) is 3.80. The maximum Gasteiger partial charge on any atom is 0.318 e. The summed E-state index contributed by atoms with van der Waals surface area (Å²) >= 11 is 1.60. The summed E-state index contributed by atoms with van der Waals surface area (Å²) in [5.41, 5.74) is 2.18. The van der Waals surface area contributed by atoms with Gasteiger partial charge in [-0.25, -0.2) is 0 Å². The Morgan fingerprint density at radius 3 is 2.71 bits per heavy atom. The van der Waals surface area contributed by atoms with Crippen molar-refractivity contribution in [1.82, 2.24) is 0 Å². The summed E-state index contributed by atoms with van der Waals surface area (Å²) < 4.78 is 25.5. The molecular formula is C24H29N2O4S+. The van der Waals surface area contributed by atoms with Crippen LogP contribution in [-0.2, 0) is 9.47 Å². The van der Waals surface area contributed by atoms with Gasteiger partial charge in [-0.15, -0.1) is 0 Å². The highest BCUT2D eigenvalue weighted by Crippen LogP contribution is 2.41. The summed E-state index contributed by atoms with van der Waals surface area (Å²) in [6.07, 6.45) is 8.92. The molecule has 0 N–H and O–H groups in total. The molecule has 1 unspecified atom stereocenters. The van der Waals surface area contributed by atoms with Crippen LogP contribution in [0, 0.1) is 0 Å². The number of hydrogen-bond acceptors (Lipinski definition) is 6. The Balaban J connectivity index is 1.62. The molecular weight excluding hydrogens is 412 g/mol. The van der Waals surface area contributed by atoms with Crippen molar-refractivity contribution in [3.8, 4) is 11.5 Å². The van der Waals surface area contributed by atoms with Crippen molar-refractivity contribution in [2.75, 3.05) is 32.2 Å². The molecule has 7 heteroatoms. The van der Waals surface area contributed by atoms with Gasteiger partial charge in [0.2, 0.25) is 11.6 Å². The first kappa shape index (κ1) is 21.4. The third-order valence-corrected chi connectivity index (χ3v) is 6.60. The van der Waals surface area contributed by atoms with E-state index in [0.29, 0.717) is 0 Å². The normalized spacial score (nSPS) is 21.3. The zero-order chi connectivity index (χ0) is 22.0. The molecule has 0 spiro atoms. The summed E-state index contributed by atoms with van der Waals surface area (Å²) in [6.45, 7) is 8.05. The van der Waals surface area contributed by atoms with Crippen molar-refractivity contribution in [2.24, 2.45) is 0 Å². The molecule has 3 aliphatic heterocycles. The molecule has 0 fully saturated rings. The lowest BCUT2D eigenvalue weighted by molar-refractivity contribution is -0.576. The van der Waals surface area contributed by atoms with E-state index in [1.807, 2.05) is 30.4 Å². The first-order valence-corrected chi connectivity index (χ1v) is 11.4. The zero-order valence-corrected chi connectivity index (χ0v) is 19.5. The second-order valence-corrected chi connectivity index (χ2v) is 8.17. The molecule has 31 heavy (non-hydrogen) atoms. The van der Waals surface area contributed by atoms with E-state index < -0.39 is 0 Å². The largest absolute Gasteiger partial charge is 0.497 e. The van der Waals surface area contributed by atoms with Gasteiger partial charge in [-0.3, -0.25) is 0 Å². The Bertz CT molecular complexity index is 1020. The first-order valence-electron chi connectivity index (χ1n) is 10.6. The molecule has 0 bridgehead atoms. The number of rotatable bonds is 7. The van der Waals surface area contributed by atoms with Gasteiger partial charge in [0, 0.05) is 36.5 Å². The highest BCUT2D eigenvalue weighted by Gasteiger charge is 2.39. The van der Waals surface area contributed by atoms with Crippen LogP contribution in [0.2, 0.25) is 0 Å². The second-order valence-electron chi connectivity index (χ2n) is 7.18. The van der Waals surface area contributed by atoms with E-state index in [1.165, 1.54) is 0 Å². The third-order valence-electron chi connectivity index (χ3n) is 5.46. The van der Waals surface area contributed by atoms with Crippen molar-refractivity contribution in [3.05, 3.63) is 64.8 Å². The van der Waals surface area contributed by atoms with Crippen LogP contribution in [0.5, 0.6) is 11.5 Å². The van der Waals surface area contributed by atoms with E-state index in [-0.39, 0.29) is 6.23 Å². The van der Waals surface area contributed by atoms with Crippen molar-refractivity contribution < 1.29 is 23.5 Å². The average Bonchev–Trinajstić information content (AvgIpc) is 3.33. The predicted octanol–water partition coefficient (Wildman–Crippen LogP) is 5.00. The van der Waals surface area contributed by atoms with Crippen LogP contribution >= 0.6 is 11.8 Å². The summed E-state index contributed by atoms with van der Waals surface area (Å²) in [5, 5.41) is 1.97. The Labute approximate surface area is 188 Å². The van der Waals surface area contributed by atoms with Crippen LogP contribution in [0.3, 0.4) is 0 Å². The van der Waals surface area contributed by atoms with E-state index in [9.17, 15) is 0 Å². The molecule has 4 rings (SSSR count). The molecule has 3 heterocycles. The van der Waals surface area contributed by atoms with Crippen LogP contribution in [0.25, 0.3) is 0 Å². The number of allylic oxidation sites excluding steroid dienone is 4. The summed E-state index contributed by atoms with van der Waals surface area (Å²) in [4.78, 5) is 2.16. The summed E-state index contributed by atoms with van der Waals surface area (Å²) in [6, 6.07) is 5.89. The molecule has 0 amide bonds. The van der Waals surface area contributed by atoms with E-state index in [1.54, 1.807) is 26.0 Å². The lowest BCUT2D eigenvalue weighted by atomic mass is 10.1. The molecule has 1 atom stereocenters.